The van der Waals surface area contributed by atoms with Gasteiger partial charge in [-0.15, -0.1) is 6.42 Å². The summed E-state index contributed by atoms with van der Waals surface area (Å²) in [6.07, 6.45) is 10.8. The molecule has 0 saturated carbocycles. The van der Waals surface area contributed by atoms with Crippen molar-refractivity contribution in [2.45, 2.75) is 37.4 Å². The predicted molar refractivity (Wildman–Crippen MR) is 171 cm³/mol. The van der Waals surface area contributed by atoms with Crippen LogP contribution in [-0.4, -0.2) is 87.2 Å². The summed E-state index contributed by atoms with van der Waals surface area (Å²) in [7, 11) is 2.02. The van der Waals surface area contributed by atoms with Crippen molar-refractivity contribution in [2.24, 2.45) is 5.92 Å². The molecule has 0 aliphatic carbocycles. The lowest BCUT2D eigenvalue weighted by Crippen LogP contribution is -2.56. The van der Waals surface area contributed by atoms with Gasteiger partial charge >= 0.3 is 6.01 Å². The van der Waals surface area contributed by atoms with E-state index in [1.54, 1.807) is 4.90 Å². The van der Waals surface area contributed by atoms with E-state index in [4.69, 9.17) is 16.1 Å². The van der Waals surface area contributed by atoms with Gasteiger partial charge in [0.2, 0.25) is 5.91 Å². The van der Waals surface area contributed by atoms with Gasteiger partial charge in [-0.05, 0) is 62.5 Å². The largest absolute Gasteiger partial charge is 0.508 e. The quantitative estimate of drug-likeness (QED) is 0.243. The van der Waals surface area contributed by atoms with Crippen molar-refractivity contribution in [1.29, 1.82) is 5.26 Å². The molecule has 3 aliphatic heterocycles. The van der Waals surface area contributed by atoms with Crippen LogP contribution in [0.1, 0.15) is 24.8 Å². The first-order valence-electron chi connectivity index (χ1n) is 15.4. The number of phenolic OH excluding ortho intramolecular Hbond substituents is 1. The van der Waals surface area contributed by atoms with Crippen LogP contribution in [0.25, 0.3) is 32.9 Å². The highest BCUT2D eigenvalue weighted by atomic mass is 19.1. The van der Waals surface area contributed by atoms with Gasteiger partial charge in [-0.3, -0.25) is 9.78 Å². The third-order valence-electron chi connectivity index (χ3n) is 9.65. The van der Waals surface area contributed by atoms with Crippen molar-refractivity contribution < 1.29 is 23.4 Å². The zero-order valence-corrected chi connectivity index (χ0v) is 25.7. The Morgan fingerprint density at radius 3 is 2.83 bits per heavy atom. The molecule has 4 atom stereocenters. The Balaban J connectivity index is 1.38. The highest BCUT2D eigenvalue weighted by Gasteiger charge is 2.48. The molecule has 3 aliphatic rings. The number of terminal acetylenes is 1. The fourth-order valence-electron chi connectivity index (χ4n) is 7.35. The SMILES string of the molecule is C#Cc1c(F)ccc2cc(O)cc(-c3ncc4c(N5C[C@H]6CC(C#N)[C@@H](C5)N6C(=O)C=C)nc(OC[C@@H]5CCCN5C)nc4c3F)c12. The van der Waals surface area contributed by atoms with Crippen LogP contribution >= 0.6 is 0 Å². The van der Waals surface area contributed by atoms with Gasteiger partial charge in [0.25, 0.3) is 0 Å². The molecule has 47 heavy (non-hydrogen) atoms. The van der Waals surface area contributed by atoms with Gasteiger partial charge in [-0.25, -0.2) is 8.78 Å². The number of hydrogen-bond acceptors (Lipinski definition) is 9. The predicted octanol–water partition coefficient (Wildman–Crippen LogP) is 4.40. The Hall–Kier alpha value is -5.33. The zero-order valence-electron chi connectivity index (χ0n) is 25.7. The number of benzene rings is 2. The lowest BCUT2D eigenvalue weighted by molar-refractivity contribution is -0.129. The van der Waals surface area contributed by atoms with E-state index in [-0.39, 0.29) is 69.9 Å². The van der Waals surface area contributed by atoms with E-state index in [9.17, 15) is 19.6 Å². The molecule has 10 nitrogen and oxygen atoms in total. The van der Waals surface area contributed by atoms with E-state index in [0.717, 1.165) is 19.4 Å². The Kier molecular flexibility index (Phi) is 7.61. The highest BCUT2D eigenvalue weighted by Crippen LogP contribution is 2.41. The number of nitriles is 1. The van der Waals surface area contributed by atoms with Gasteiger partial charge < -0.3 is 24.5 Å². The first kappa shape index (κ1) is 30.3. The van der Waals surface area contributed by atoms with Gasteiger partial charge in [-0.1, -0.05) is 18.6 Å². The molecular weight excluding hydrogens is 604 g/mol. The van der Waals surface area contributed by atoms with Crippen LogP contribution in [0.4, 0.5) is 14.6 Å². The molecule has 5 heterocycles. The van der Waals surface area contributed by atoms with Crippen molar-refractivity contribution >= 4 is 33.4 Å². The zero-order chi connectivity index (χ0) is 33.0. The maximum Gasteiger partial charge on any atom is 0.319 e. The van der Waals surface area contributed by atoms with Crippen LogP contribution in [0.5, 0.6) is 11.8 Å². The summed E-state index contributed by atoms with van der Waals surface area (Å²) in [5.74, 6) is 0.416. The van der Waals surface area contributed by atoms with Crippen molar-refractivity contribution in [3.8, 4) is 41.4 Å². The molecular formula is C35H31F2N7O3. The van der Waals surface area contributed by atoms with Crippen LogP contribution in [0.15, 0.2) is 43.1 Å². The smallest absolute Gasteiger partial charge is 0.319 e. The van der Waals surface area contributed by atoms with Crippen LogP contribution in [0, 0.1) is 41.2 Å². The Morgan fingerprint density at radius 1 is 1.28 bits per heavy atom. The molecule has 1 amide bonds. The minimum Gasteiger partial charge on any atom is -0.508 e. The topological polar surface area (TPSA) is 119 Å². The highest BCUT2D eigenvalue weighted by molar-refractivity contribution is 6.03. The average Bonchev–Trinajstić information content (AvgIpc) is 3.58. The van der Waals surface area contributed by atoms with Crippen molar-refractivity contribution in [1.82, 2.24) is 24.8 Å². The fourth-order valence-corrected chi connectivity index (χ4v) is 7.35. The van der Waals surface area contributed by atoms with E-state index >= 15 is 4.39 Å². The van der Waals surface area contributed by atoms with Gasteiger partial charge in [0, 0.05) is 36.3 Å². The molecule has 0 spiro atoms. The molecule has 2 bridgehead atoms. The molecule has 238 valence electrons. The first-order valence-corrected chi connectivity index (χ1v) is 15.4. The third kappa shape index (κ3) is 5.06. The number of likely N-dealkylation sites (tertiary alicyclic amines) is 1. The number of carbonyl (C=O) groups is 1. The molecule has 1 unspecified atom stereocenters. The number of carbonyl (C=O) groups excluding carboxylic acids is 1. The number of fused-ring (bicyclic) bond motifs is 4. The second-order valence-electron chi connectivity index (χ2n) is 12.3. The molecule has 7 rings (SSSR count). The lowest BCUT2D eigenvalue weighted by atomic mass is 9.96. The van der Waals surface area contributed by atoms with Crippen LogP contribution in [0.3, 0.4) is 0 Å². The number of anilines is 1. The standard InChI is InChI=1S/C35H31F2N7O3/c1-4-24-27(36)9-8-19-12-23(45)13-25(30(19)24)32-31(37)33-26(15-39-32)34(41-35(40-33)47-18-21-7-6-10-42(21)3)43-16-22-11-20(14-38)28(17-43)44(22)29(46)5-2/h1,5,8-9,12-13,15,20-22,28,45H,2,6-7,10-11,16-18H2,3H3/t20?,21-,22+,28+/m0/s1. The summed E-state index contributed by atoms with van der Waals surface area (Å²) in [5, 5.41) is 21.3. The van der Waals surface area contributed by atoms with Crippen LogP contribution < -0.4 is 9.64 Å². The lowest BCUT2D eigenvalue weighted by Gasteiger charge is -2.41. The number of likely N-dealkylation sites (N-methyl/N-ethyl adjacent to an activating group) is 1. The summed E-state index contributed by atoms with van der Waals surface area (Å²) in [5.41, 5.74) is -0.244. The molecule has 3 saturated heterocycles. The summed E-state index contributed by atoms with van der Waals surface area (Å²) in [6.45, 7) is 5.49. The molecule has 3 fully saturated rings. The summed E-state index contributed by atoms with van der Waals surface area (Å²) < 4.78 is 37.7. The van der Waals surface area contributed by atoms with E-state index in [2.05, 4.69) is 33.4 Å². The number of aromatic nitrogens is 3. The number of nitrogens with zero attached hydrogens (tertiary/aromatic N) is 7. The monoisotopic (exact) mass is 635 g/mol. The van der Waals surface area contributed by atoms with E-state index in [0.29, 0.717) is 36.2 Å². The molecule has 2 aromatic heterocycles. The summed E-state index contributed by atoms with van der Waals surface area (Å²) in [6, 6.07) is 7.12. The van der Waals surface area contributed by atoms with Gasteiger partial charge in [0.05, 0.1) is 35.0 Å². The fraction of sp³-hybridized carbons (Fsp3) is 0.343. The van der Waals surface area contributed by atoms with Crippen molar-refractivity contribution in [3.63, 3.8) is 0 Å². The number of pyridine rings is 1. The molecule has 4 aromatic rings. The van der Waals surface area contributed by atoms with Crippen LogP contribution in [0.2, 0.25) is 0 Å². The number of phenols is 1. The molecule has 2 aromatic carbocycles. The van der Waals surface area contributed by atoms with Gasteiger partial charge in [0.1, 0.15) is 35.2 Å². The van der Waals surface area contributed by atoms with Gasteiger partial charge in [-0.2, -0.15) is 15.2 Å². The second-order valence-corrected chi connectivity index (χ2v) is 12.3. The summed E-state index contributed by atoms with van der Waals surface area (Å²) >= 11 is 0. The van der Waals surface area contributed by atoms with Crippen LogP contribution in [-0.2, 0) is 4.79 Å². The van der Waals surface area contributed by atoms with E-state index in [1.807, 2.05) is 11.9 Å². The number of hydrogen-bond donors (Lipinski definition) is 1. The Bertz CT molecular complexity index is 2040. The summed E-state index contributed by atoms with van der Waals surface area (Å²) in [4.78, 5) is 32.3. The Labute approximate surface area is 269 Å². The minimum atomic E-state index is -0.827. The van der Waals surface area contributed by atoms with E-state index in [1.165, 1.54) is 36.5 Å². The molecule has 1 N–H and O–H groups in total. The first-order chi connectivity index (χ1) is 22.7. The number of amides is 1. The van der Waals surface area contributed by atoms with Crippen molar-refractivity contribution in [3.05, 3.63) is 60.3 Å². The maximum absolute atomic E-state index is 16.8. The number of piperazine rings is 1. The normalized spacial score (nSPS) is 22.4. The molecule has 0 radical (unpaired) electrons. The van der Waals surface area contributed by atoms with Crippen molar-refractivity contribution in [2.75, 3.05) is 38.2 Å². The number of rotatable bonds is 6. The number of ether oxygens (including phenoxy) is 1. The van der Waals surface area contributed by atoms with E-state index < -0.39 is 17.7 Å². The Morgan fingerprint density at radius 2 is 2.11 bits per heavy atom. The number of halogens is 2. The molecule has 12 heteroatoms. The maximum atomic E-state index is 16.8. The number of aromatic hydroxyl groups is 1. The minimum absolute atomic E-state index is 0.0336. The third-order valence-corrected chi connectivity index (χ3v) is 9.65. The average molecular weight is 636 g/mol. The second kappa shape index (κ2) is 11.8. The van der Waals surface area contributed by atoms with Gasteiger partial charge in [0.15, 0.2) is 5.82 Å².